The first-order valence-corrected chi connectivity index (χ1v) is 12.3. The molecule has 2 amide bonds. The number of ether oxygens (including phenoxy) is 2. The van der Waals surface area contributed by atoms with E-state index >= 15 is 0 Å². The second-order valence-electron chi connectivity index (χ2n) is 8.50. The minimum atomic E-state index is -1.02. The normalized spacial score (nSPS) is 10.8. The van der Waals surface area contributed by atoms with Crippen molar-refractivity contribution >= 4 is 23.7 Å². The van der Waals surface area contributed by atoms with Crippen molar-refractivity contribution < 1.29 is 19.1 Å². The lowest BCUT2D eigenvalue weighted by atomic mass is 10.2. The first-order valence-electron chi connectivity index (χ1n) is 12.3. The van der Waals surface area contributed by atoms with Crippen LogP contribution in [0.15, 0.2) is 88.8 Å². The van der Waals surface area contributed by atoms with Crippen molar-refractivity contribution in [3.8, 4) is 17.2 Å². The number of nitrogens with one attached hydrogen (secondary N) is 2. The van der Waals surface area contributed by atoms with E-state index < -0.39 is 17.4 Å². The van der Waals surface area contributed by atoms with Crippen molar-refractivity contribution in [3.63, 3.8) is 0 Å². The Labute approximate surface area is 225 Å². The van der Waals surface area contributed by atoms with E-state index in [4.69, 9.17) is 9.47 Å². The van der Waals surface area contributed by atoms with Crippen molar-refractivity contribution in [1.29, 1.82) is 0 Å². The number of anilines is 1. The predicted molar refractivity (Wildman–Crippen MR) is 148 cm³/mol. The van der Waals surface area contributed by atoms with E-state index in [1.54, 1.807) is 61.1 Å². The largest absolute Gasteiger partial charge is 0.490 e. The van der Waals surface area contributed by atoms with Crippen molar-refractivity contribution in [1.82, 2.24) is 14.8 Å². The van der Waals surface area contributed by atoms with Gasteiger partial charge >= 0.3 is 11.8 Å². The quantitative estimate of drug-likeness (QED) is 0.196. The van der Waals surface area contributed by atoms with Crippen molar-refractivity contribution in [2.45, 2.75) is 20.5 Å². The number of nitrogens with zero attached hydrogens (tertiary/aromatic N) is 3. The van der Waals surface area contributed by atoms with Gasteiger partial charge in [0.05, 0.1) is 24.2 Å². The van der Waals surface area contributed by atoms with Crippen LogP contribution >= 0.6 is 0 Å². The second kappa shape index (κ2) is 12.4. The zero-order valence-corrected chi connectivity index (χ0v) is 21.9. The number of hydrogen-bond donors (Lipinski definition) is 2. The first kappa shape index (κ1) is 26.9. The van der Waals surface area contributed by atoms with E-state index in [9.17, 15) is 14.4 Å². The Morgan fingerprint density at radius 2 is 1.62 bits per heavy atom. The summed E-state index contributed by atoms with van der Waals surface area (Å²) in [5, 5.41) is 6.28. The topological polar surface area (TPSA) is 116 Å². The summed E-state index contributed by atoms with van der Waals surface area (Å²) in [6, 6.07) is 24.0. The molecule has 0 bridgehead atoms. The minimum Gasteiger partial charge on any atom is -0.490 e. The molecule has 3 aromatic carbocycles. The van der Waals surface area contributed by atoms with Gasteiger partial charge in [-0.1, -0.05) is 48.5 Å². The van der Waals surface area contributed by atoms with Gasteiger partial charge in [-0.3, -0.25) is 19.1 Å². The Balaban J connectivity index is 1.40. The zero-order chi connectivity index (χ0) is 27.8. The number of rotatable bonds is 9. The van der Waals surface area contributed by atoms with Gasteiger partial charge in [0, 0.05) is 7.05 Å². The summed E-state index contributed by atoms with van der Waals surface area (Å²) < 4.78 is 14.6. The fraction of sp³-hybridized carbons (Fsp3) is 0.172. The Morgan fingerprint density at radius 1 is 0.923 bits per heavy atom. The molecule has 10 nitrogen and oxygen atoms in total. The summed E-state index contributed by atoms with van der Waals surface area (Å²) in [5.41, 5.74) is 4.51. The maximum atomic E-state index is 13.0. The number of hydrazone groups is 1. The molecule has 10 heteroatoms. The number of para-hydroxylation sites is 1. The Bertz CT molecular complexity index is 1540. The molecule has 0 unspecified atom stereocenters. The lowest BCUT2D eigenvalue weighted by Gasteiger charge is -2.12. The zero-order valence-electron chi connectivity index (χ0n) is 21.9. The summed E-state index contributed by atoms with van der Waals surface area (Å²) in [7, 11) is 1.69. The summed E-state index contributed by atoms with van der Waals surface area (Å²) in [5.74, 6) is -0.942. The minimum absolute atomic E-state index is 0.0120. The Morgan fingerprint density at radius 3 is 2.31 bits per heavy atom. The Hall–Kier alpha value is -5.12. The molecule has 0 saturated carbocycles. The first-order chi connectivity index (χ1) is 18.9. The molecular weight excluding hydrogens is 498 g/mol. The molecule has 0 aliphatic carbocycles. The van der Waals surface area contributed by atoms with Gasteiger partial charge in [0.1, 0.15) is 12.3 Å². The molecule has 200 valence electrons. The third-order valence-corrected chi connectivity index (χ3v) is 5.88. The lowest BCUT2D eigenvalue weighted by Crippen LogP contribution is -2.34. The molecule has 39 heavy (non-hydrogen) atoms. The highest BCUT2D eigenvalue weighted by atomic mass is 16.5. The van der Waals surface area contributed by atoms with E-state index in [0.717, 1.165) is 5.56 Å². The molecule has 0 aliphatic heterocycles. The maximum Gasteiger partial charge on any atom is 0.329 e. The standard InChI is InChI=1S/C29H29N5O5/c1-4-38-25-17-22(15-16-24(25)39-19-21-11-7-5-8-12-21)18-30-32-28(36)27(35)31-26-20(2)33(3)34(29(26)37)23-13-9-6-10-14-23/h5-18H,4,19H2,1-3H3,(H,31,35)(H,32,36)/b30-18+. The van der Waals surface area contributed by atoms with Crippen LogP contribution < -0.4 is 25.8 Å². The van der Waals surface area contributed by atoms with E-state index in [1.165, 1.54) is 10.9 Å². The fourth-order valence-corrected chi connectivity index (χ4v) is 3.83. The van der Waals surface area contributed by atoms with Gasteiger partial charge < -0.3 is 14.8 Å². The van der Waals surface area contributed by atoms with Crippen LogP contribution in [-0.2, 0) is 23.2 Å². The second-order valence-corrected chi connectivity index (χ2v) is 8.50. The molecular formula is C29H29N5O5. The van der Waals surface area contributed by atoms with Crippen LogP contribution in [0, 0.1) is 6.92 Å². The number of hydrogen-bond acceptors (Lipinski definition) is 6. The predicted octanol–water partition coefficient (Wildman–Crippen LogP) is 3.55. The van der Waals surface area contributed by atoms with Gasteiger partial charge in [-0.25, -0.2) is 10.1 Å². The smallest absolute Gasteiger partial charge is 0.329 e. The fourth-order valence-electron chi connectivity index (χ4n) is 3.83. The van der Waals surface area contributed by atoms with Crippen LogP contribution in [0.1, 0.15) is 23.7 Å². The maximum absolute atomic E-state index is 13.0. The van der Waals surface area contributed by atoms with Crippen LogP contribution in [0.25, 0.3) is 5.69 Å². The summed E-state index contributed by atoms with van der Waals surface area (Å²) in [6.07, 6.45) is 1.38. The molecule has 0 aliphatic rings. The molecule has 0 atom stereocenters. The van der Waals surface area contributed by atoms with Crippen molar-refractivity contribution in [2.75, 3.05) is 11.9 Å². The molecule has 0 fully saturated rings. The third-order valence-electron chi connectivity index (χ3n) is 5.88. The average molecular weight is 528 g/mol. The van der Waals surface area contributed by atoms with Crippen LogP contribution in [0.2, 0.25) is 0 Å². The number of amides is 2. The van der Waals surface area contributed by atoms with E-state index in [1.807, 2.05) is 43.3 Å². The lowest BCUT2D eigenvalue weighted by molar-refractivity contribution is -0.136. The van der Waals surface area contributed by atoms with Gasteiger partial charge in [-0.2, -0.15) is 5.10 Å². The van der Waals surface area contributed by atoms with Gasteiger partial charge in [0.2, 0.25) is 0 Å². The molecule has 2 N–H and O–H groups in total. The highest BCUT2D eigenvalue weighted by molar-refractivity contribution is 6.39. The molecule has 0 saturated heterocycles. The summed E-state index contributed by atoms with van der Waals surface area (Å²) in [4.78, 5) is 37.8. The highest BCUT2D eigenvalue weighted by Crippen LogP contribution is 2.29. The van der Waals surface area contributed by atoms with Crippen LogP contribution in [-0.4, -0.2) is 34.0 Å². The number of carbonyl (C=O) groups excluding carboxylic acids is 2. The van der Waals surface area contributed by atoms with Gasteiger partial charge in [0.25, 0.3) is 5.56 Å². The SMILES string of the molecule is CCOc1cc(/C=N/NC(=O)C(=O)Nc2c(C)n(C)n(-c3ccccc3)c2=O)ccc1OCc1ccccc1. The van der Waals surface area contributed by atoms with E-state index in [0.29, 0.717) is 41.7 Å². The van der Waals surface area contributed by atoms with Crippen molar-refractivity contribution in [2.24, 2.45) is 12.1 Å². The molecule has 1 aromatic heterocycles. The molecule has 0 radical (unpaired) electrons. The molecule has 0 spiro atoms. The van der Waals surface area contributed by atoms with Gasteiger partial charge in [-0.15, -0.1) is 0 Å². The summed E-state index contributed by atoms with van der Waals surface area (Å²) >= 11 is 0. The van der Waals surface area contributed by atoms with Crippen LogP contribution in [0.3, 0.4) is 0 Å². The van der Waals surface area contributed by atoms with Crippen LogP contribution in [0.4, 0.5) is 5.69 Å². The van der Waals surface area contributed by atoms with Crippen LogP contribution in [0.5, 0.6) is 11.5 Å². The third kappa shape index (κ3) is 6.42. The highest BCUT2D eigenvalue weighted by Gasteiger charge is 2.21. The number of benzene rings is 3. The van der Waals surface area contributed by atoms with E-state index in [2.05, 4.69) is 15.8 Å². The van der Waals surface area contributed by atoms with Crippen molar-refractivity contribution in [3.05, 3.63) is 106 Å². The summed E-state index contributed by atoms with van der Waals surface area (Å²) in [6.45, 7) is 4.36. The molecule has 4 aromatic rings. The van der Waals surface area contributed by atoms with E-state index in [-0.39, 0.29) is 5.69 Å². The van der Waals surface area contributed by atoms with Gasteiger partial charge in [-0.05, 0) is 55.3 Å². The molecule has 4 rings (SSSR count). The monoisotopic (exact) mass is 527 g/mol. The average Bonchev–Trinajstić information content (AvgIpc) is 3.16. The number of carbonyl (C=O) groups is 2. The molecule has 1 heterocycles. The Kier molecular flexibility index (Phi) is 8.57. The van der Waals surface area contributed by atoms with Gasteiger partial charge in [0.15, 0.2) is 11.5 Å². The number of aromatic nitrogens is 2.